The third-order valence-corrected chi connectivity index (χ3v) is 4.46. The van der Waals surface area contributed by atoms with Gasteiger partial charge in [0, 0.05) is 0 Å². The van der Waals surface area contributed by atoms with Crippen LogP contribution in [0.1, 0.15) is 51.4 Å². The summed E-state index contributed by atoms with van der Waals surface area (Å²) < 4.78 is 10.2. The largest absolute Gasteiger partial charge is 0.472 e. The van der Waals surface area contributed by atoms with Crippen LogP contribution >= 0.6 is 0 Å². The summed E-state index contributed by atoms with van der Waals surface area (Å²) in [5.41, 5.74) is -0.950. The van der Waals surface area contributed by atoms with Crippen molar-refractivity contribution in [2.75, 3.05) is 6.61 Å². The second kappa shape index (κ2) is 7.00. The Bertz CT molecular complexity index is 647. The standard InChI is InChI=1S/C18H26N2O5/c1-11-18(5,14(21)10-25-11)20-16(23)13(8-17(2,3)4)19-15(22)12-6-7-24-9-12/h6-7,9,11,13H,8,10H2,1-5H3,(H,19,22)(H,20,23). The van der Waals surface area contributed by atoms with E-state index in [1.807, 2.05) is 20.8 Å². The number of carbonyl (C=O) groups is 3. The average molecular weight is 350 g/mol. The van der Waals surface area contributed by atoms with E-state index in [4.69, 9.17) is 9.15 Å². The number of rotatable bonds is 5. The molecule has 0 bridgehead atoms. The topological polar surface area (TPSA) is 97.6 Å². The van der Waals surface area contributed by atoms with Crippen LogP contribution in [-0.2, 0) is 14.3 Å². The van der Waals surface area contributed by atoms with Crippen molar-refractivity contribution >= 4 is 17.6 Å². The number of ketones is 1. The van der Waals surface area contributed by atoms with Gasteiger partial charge < -0.3 is 19.8 Å². The highest BCUT2D eigenvalue weighted by atomic mass is 16.5. The second-order valence-electron chi connectivity index (χ2n) is 7.87. The highest BCUT2D eigenvalue weighted by Gasteiger charge is 2.47. The molecule has 0 aromatic carbocycles. The van der Waals surface area contributed by atoms with Gasteiger partial charge in [0.2, 0.25) is 5.91 Å². The van der Waals surface area contributed by atoms with E-state index in [0.29, 0.717) is 12.0 Å². The van der Waals surface area contributed by atoms with Gasteiger partial charge in [0.25, 0.3) is 5.91 Å². The molecule has 7 heteroatoms. The predicted molar refractivity (Wildman–Crippen MR) is 91.0 cm³/mol. The summed E-state index contributed by atoms with van der Waals surface area (Å²) >= 11 is 0. The molecular weight excluding hydrogens is 324 g/mol. The Morgan fingerprint density at radius 1 is 1.40 bits per heavy atom. The number of amides is 2. The summed E-state index contributed by atoms with van der Waals surface area (Å²) in [6, 6.07) is 0.749. The van der Waals surface area contributed by atoms with Crippen LogP contribution in [0.3, 0.4) is 0 Å². The first-order valence-corrected chi connectivity index (χ1v) is 8.33. The molecule has 2 heterocycles. The molecule has 2 rings (SSSR count). The van der Waals surface area contributed by atoms with Crippen molar-refractivity contribution in [3.05, 3.63) is 24.2 Å². The third kappa shape index (κ3) is 4.48. The van der Waals surface area contributed by atoms with Crippen molar-refractivity contribution in [1.82, 2.24) is 10.6 Å². The van der Waals surface area contributed by atoms with Crippen molar-refractivity contribution in [1.29, 1.82) is 0 Å². The van der Waals surface area contributed by atoms with Crippen molar-refractivity contribution in [2.45, 2.75) is 58.7 Å². The molecule has 138 valence electrons. The van der Waals surface area contributed by atoms with Gasteiger partial charge in [0.05, 0.1) is 17.9 Å². The molecule has 3 atom stereocenters. The Kier molecular flexibility index (Phi) is 5.37. The van der Waals surface area contributed by atoms with Crippen LogP contribution in [0.4, 0.5) is 0 Å². The number of furan rings is 1. The van der Waals surface area contributed by atoms with Gasteiger partial charge in [-0.05, 0) is 31.7 Å². The second-order valence-corrected chi connectivity index (χ2v) is 7.87. The lowest BCUT2D eigenvalue weighted by atomic mass is 9.86. The maximum Gasteiger partial charge on any atom is 0.255 e. The minimum Gasteiger partial charge on any atom is -0.472 e. The molecule has 3 unspecified atom stereocenters. The number of carbonyl (C=O) groups excluding carboxylic acids is 3. The minimum atomic E-state index is -1.09. The summed E-state index contributed by atoms with van der Waals surface area (Å²) in [6.45, 7) is 9.30. The van der Waals surface area contributed by atoms with Crippen molar-refractivity contribution in [3.63, 3.8) is 0 Å². The molecule has 1 aliphatic rings. The molecule has 1 aromatic rings. The number of hydrogen-bond acceptors (Lipinski definition) is 5. The molecule has 1 aromatic heterocycles. The van der Waals surface area contributed by atoms with E-state index < -0.39 is 29.5 Å². The number of hydrogen-bond donors (Lipinski definition) is 2. The van der Waals surface area contributed by atoms with E-state index in [2.05, 4.69) is 10.6 Å². The fraction of sp³-hybridized carbons (Fsp3) is 0.611. The van der Waals surface area contributed by atoms with Crippen LogP contribution in [0.5, 0.6) is 0 Å². The predicted octanol–water partition coefficient (Wildman–Crippen LogP) is 1.68. The lowest BCUT2D eigenvalue weighted by molar-refractivity contribution is -0.131. The van der Waals surface area contributed by atoms with Gasteiger partial charge in [-0.15, -0.1) is 0 Å². The average Bonchev–Trinajstić information content (AvgIpc) is 3.11. The van der Waals surface area contributed by atoms with E-state index in [9.17, 15) is 14.4 Å². The molecule has 0 spiro atoms. The van der Waals surface area contributed by atoms with E-state index in [-0.39, 0.29) is 17.8 Å². The number of nitrogens with one attached hydrogen (secondary N) is 2. The van der Waals surface area contributed by atoms with Crippen LogP contribution in [-0.4, -0.2) is 41.9 Å². The zero-order valence-electron chi connectivity index (χ0n) is 15.3. The monoisotopic (exact) mass is 350 g/mol. The van der Waals surface area contributed by atoms with Gasteiger partial charge in [-0.2, -0.15) is 0 Å². The Morgan fingerprint density at radius 2 is 2.08 bits per heavy atom. The summed E-state index contributed by atoms with van der Waals surface area (Å²) in [7, 11) is 0. The lowest BCUT2D eigenvalue weighted by Gasteiger charge is -2.32. The molecular formula is C18H26N2O5. The van der Waals surface area contributed by atoms with E-state index >= 15 is 0 Å². The third-order valence-electron chi connectivity index (χ3n) is 4.46. The Morgan fingerprint density at radius 3 is 2.56 bits per heavy atom. The van der Waals surface area contributed by atoms with Gasteiger partial charge in [-0.3, -0.25) is 14.4 Å². The molecule has 1 fully saturated rings. The van der Waals surface area contributed by atoms with E-state index in [0.717, 1.165) is 0 Å². The van der Waals surface area contributed by atoms with Crippen LogP contribution in [0.15, 0.2) is 23.0 Å². The van der Waals surface area contributed by atoms with Crippen molar-refractivity contribution in [3.8, 4) is 0 Å². The SMILES string of the molecule is CC1OCC(=O)C1(C)NC(=O)C(CC(C)(C)C)NC(=O)c1ccoc1. The minimum absolute atomic E-state index is 0.0245. The fourth-order valence-electron chi connectivity index (χ4n) is 2.72. The molecule has 2 amide bonds. The number of ether oxygens (including phenoxy) is 1. The maximum atomic E-state index is 12.8. The van der Waals surface area contributed by atoms with Gasteiger partial charge in [0.1, 0.15) is 24.5 Å². The quantitative estimate of drug-likeness (QED) is 0.842. The maximum absolute atomic E-state index is 12.8. The molecule has 1 saturated heterocycles. The Balaban J connectivity index is 2.15. The smallest absolute Gasteiger partial charge is 0.255 e. The fourth-order valence-corrected chi connectivity index (χ4v) is 2.72. The molecule has 1 aliphatic heterocycles. The van der Waals surface area contributed by atoms with Crippen molar-refractivity contribution in [2.24, 2.45) is 5.41 Å². The first-order valence-electron chi connectivity index (χ1n) is 8.33. The van der Waals surface area contributed by atoms with Crippen LogP contribution in [0.25, 0.3) is 0 Å². The molecule has 7 nitrogen and oxygen atoms in total. The normalized spacial score (nSPS) is 24.8. The van der Waals surface area contributed by atoms with Gasteiger partial charge >= 0.3 is 0 Å². The van der Waals surface area contributed by atoms with E-state index in [1.54, 1.807) is 13.8 Å². The lowest BCUT2D eigenvalue weighted by Crippen LogP contribution is -2.60. The molecule has 0 radical (unpaired) electrons. The van der Waals surface area contributed by atoms with Crippen LogP contribution < -0.4 is 10.6 Å². The zero-order valence-corrected chi connectivity index (χ0v) is 15.3. The van der Waals surface area contributed by atoms with E-state index in [1.165, 1.54) is 18.6 Å². The first kappa shape index (κ1) is 19.2. The summed E-state index contributed by atoms with van der Waals surface area (Å²) in [4.78, 5) is 37.3. The first-order chi connectivity index (χ1) is 11.5. The van der Waals surface area contributed by atoms with Crippen LogP contribution in [0, 0.1) is 5.41 Å². The molecule has 2 N–H and O–H groups in total. The highest BCUT2D eigenvalue weighted by molar-refractivity contribution is 6.00. The van der Waals surface area contributed by atoms with Crippen LogP contribution in [0.2, 0.25) is 0 Å². The summed E-state index contributed by atoms with van der Waals surface area (Å²) in [6.07, 6.45) is 2.70. The van der Waals surface area contributed by atoms with Crippen molar-refractivity contribution < 1.29 is 23.5 Å². The molecule has 0 saturated carbocycles. The number of Topliss-reactive ketones (excluding diaryl/α,β-unsaturated/α-hetero) is 1. The molecule has 25 heavy (non-hydrogen) atoms. The highest BCUT2D eigenvalue weighted by Crippen LogP contribution is 2.25. The zero-order chi connectivity index (χ0) is 18.8. The Hall–Kier alpha value is -2.15. The van der Waals surface area contributed by atoms with Gasteiger partial charge in [0.15, 0.2) is 5.78 Å². The molecule has 0 aliphatic carbocycles. The summed E-state index contributed by atoms with van der Waals surface area (Å²) in [5.74, 6) is -0.977. The summed E-state index contributed by atoms with van der Waals surface area (Å²) in [5, 5.41) is 5.51. The van der Waals surface area contributed by atoms with Gasteiger partial charge in [-0.25, -0.2) is 0 Å². The Labute approximate surface area is 147 Å². The van der Waals surface area contributed by atoms with Gasteiger partial charge in [-0.1, -0.05) is 20.8 Å².